The summed E-state index contributed by atoms with van der Waals surface area (Å²) >= 11 is 6.12. The lowest BCUT2D eigenvalue weighted by molar-refractivity contribution is 0.221. The summed E-state index contributed by atoms with van der Waals surface area (Å²) in [5.74, 6) is 0.980. The molecule has 3 heterocycles. The topological polar surface area (TPSA) is 50.6 Å². The first-order valence-electron chi connectivity index (χ1n) is 17.5. The van der Waals surface area contributed by atoms with E-state index < -0.39 is 0 Å². The van der Waals surface area contributed by atoms with Gasteiger partial charge in [0.25, 0.3) is 5.56 Å². The van der Waals surface area contributed by atoms with Gasteiger partial charge in [0.05, 0.1) is 24.2 Å². The Kier molecular flexibility index (Phi) is 15.6. The number of aryl methyl sites for hydroxylation is 1. The molecule has 0 saturated carbocycles. The molecule has 2 aliphatic rings. The predicted octanol–water partition coefficient (Wildman–Crippen LogP) is 8.62. The van der Waals surface area contributed by atoms with Gasteiger partial charge < -0.3 is 9.64 Å². The van der Waals surface area contributed by atoms with E-state index in [2.05, 4.69) is 34.1 Å². The molecule has 2 fully saturated rings. The Morgan fingerprint density at radius 1 is 0.750 bits per heavy atom. The van der Waals surface area contributed by atoms with Gasteiger partial charge in [0.15, 0.2) is 0 Å². The Balaban J connectivity index is 0.00000260. The van der Waals surface area contributed by atoms with Crippen LogP contribution in [0.25, 0.3) is 10.8 Å². The average Bonchev–Trinajstić information content (AvgIpc) is 3.35. The summed E-state index contributed by atoms with van der Waals surface area (Å²) in [4.78, 5) is 18.7. The SMILES string of the molecule is Cl.Cl.O=c1c2ccccc2c(Cc2ccc(Cl)cc2)nn1C[C@H]1CCCN1CCCCc1ccc(OCCCN2CCCCCC2)cc1. The van der Waals surface area contributed by atoms with E-state index in [0.29, 0.717) is 19.0 Å². The van der Waals surface area contributed by atoms with E-state index in [1.807, 2.05) is 48.5 Å². The molecule has 2 aliphatic heterocycles. The summed E-state index contributed by atoms with van der Waals surface area (Å²) < 4.78 is 7.77. The summed E-state index contributed by atoms with van der Waals surface area (Å²) in [5, 5.41) is 7.34. The molecule has 6 nitrogen and oxygen atoms in total. The van der Waals surface area contributed by atoms with Gasteiger partial charge in [0.2, 0.25) is 0 Å². The molecule has 0 radical (unpaired) electrons. The van der Waals surface area contributed by atoms with Crippen molar-refractivity contribution < 1.29 is 4.74 Å². The van der Waals surface area contributed by atoms with Crippen molar-refractivity contribution in [2.45, 2.75) is 83.2 Å². The molecule has 0 aliphatic carbocycles. The van der Waals surface area contributed by atoms with Crippen molar-refractivity contribution >= 4 is 47.2 Å². The number of aromatic nitrogens is 2. The van der Waals surface area contributed by atoms with E-state index in [1.165, 1.54) is 50.8 Å². The number of rotatable bonds is 14. The third-order valence-corrected chi connectivity index (χ3v) is 10.0. The fourth-order valence-corrected chi connectivity index (χ4v) is 7.31. The first-order valence-corrected chi connectivity index (χ1v) is 17.9. The van der Waals surface area contributed by atoms with Gasteiger partial charge in [-0.1, -0.05) is 66.9 Å². The second kappa shape index (κ2) is 19.5. The third-order valence-electron chi connectivity index (χ3n) is 9.78. The molecule has 48 heavy (non-hydrogen) atoms. The maximum atomic E-state index is 13.5. The summed E-state index contributed by atoms with van der Waals surface area (Å²) in [6, 6.07) is 24.8. The quantitative estimate of drug-likeness (QED) is 0.123. The maximum Gasteiger partial charge on any atom is 0.274 e. The van der Waals surface area contributed by atoms with Gasteiger partial charge in [-0.15, -0.1) is 24.8 Å². The highest BCUT2D eigenvalue weighted by Crippen LogP contribution is 2.22. The number of hydrogen-bond donors (Lipinski definition) is 0. The Bertz CT molecular complexity index is 1590. The van der Waals surface area contributed by atoms with Crippen molar-refractivity contribution in [1.29, 1.82) is 0 Å². The van der Waals surface area contributed by atoms with Crippen LogP contribution in [0.15, 0.2) is 77.6 Å². The molecule has 4 aromatic rings. The number of ether oxygens (including phenoxy) is 1. The van der Waals surface area contributed by atoms with Crippen molar-refractivity contribution in [2.75, 3.05) is 39.3 Å². The molecule has 0 unspecified atom stereocenters. The zero-order valence-electron chi connectivity index (χ0n) is 28.0. The number of hydrogen-bond acceptors (Lipinski definition) is 5. The first-order chi connectivity index (χ1) is 22.6. The molecule has 1 atom stereocenters. The molecule has 0 N–H and O–H groups in total. The number of benzene rings is 3. The van der Waals surface area contributed by atoms with Crippen molar-refractivity contribution in [2.24, 2.45) is 0 Å². The number of nitrogens with zero attached hydrogens (tertiary/aromatic N) is 4. The second-order valence-electron chi connectivity index (χ2n) is 13.2. The summed E-state index contributed by atoms with van der Waals surface area (Å²) in [6.07, 6.45) is 12.9. The lowest BCUT2D eigenvalue weighted by Gasteiger charge is -2.25. The Hall–Kier alpha value is -2.61. The predicted molar refractivity (Wildman–Crippen MR) is 204 cm³/mol. The minimum absolute atomic E-state index is 0. The molecular formula is C39H51Cl3N4O2. The molecule has 2 saturated heterocycles. The van der Waals surface area contributed by atoms with E-state index in [-0.39, 0.29) is 30.4 Å². The van der Waals surface area contributed by atoms with Crippen LogP contribution in [0.5, 0.6) is 5.75 Å². The molecule has 0 spiro atoms. The van der Waals surface area contributed by atoms with Gasteiger partial charge in [-0.25, -0.2) is 4.68 Å². The van der Waals surface area contributed by atoms with Gasteiger partial charge in [-0.3, -0.25) is 9.69 Å². The highest BCUT2D eigenvalue weighted by molar-refractivity contribution is 6.30. The third kappa shape index (κ3) is 10.7. The summed E-state index contributed by atoms with van der Waals surface area (Å²) in [6.45, 7) is 7.23. The van der Waals surface area contributed by atoms with Gasteiger partial charge in [0.1, 0.15) is 5.75 Å². The molecule has 0 amide bonds. The van der Waals surface area contributed by atoms with Crippen LogP contribution >= 0.6 is 36.4 Å². The summed E-state index contributed by atoms with van der Waals surface area (Å²) in [5.41, 5.74) is 3.45. The van der Waals surface area contributed by atoms with E-state index >= 15 is 0 Å². The van der Waals surface area contributed by atoms with Crippen LogP contribution in [0.4, 0.5) is 0 Å². The lowest BCUT2D eigenvalue weighted by atomic mass is 10.0. The van der Waals surface area contributed by atoms with E-state index in [4.69, 9.17) is 21.4 Å². The van der Waals surface area contributed by atoms with Crippen LogP contribution in [0.2, 0.25) is 5.02 Å². The van der Waals surface area contributed by atoms with E-state index in [0.717, 1.165) is 91.1 Å². The fourth-order valence-electron chi connectivity index (χ4n) is 7.19. The number of fused-ring (bicyclic) bond motifs is 1. The van der Waals surface area contributed by atoms with E-state index in [1.54, 1.807) is 4.68 Å². The van der Waals surface area contributed by atoms with Crippen LogP contribution in [-0.2, 0) is 19.4 Å². The highest BCUT2D eigenvalue weighted by Gasteiger charge is 2.25. The normalized spacial score (nSPS) is 17.1. The van der Waals surface area contributed by atoms with Gasteiger partial charge in [0, 0.05) is 29.4 Å². The van der Waals surface area contributed by atoms with Crippen molar-refractivity contribution in [3.05, 3.63) is 105 Å². The Morgan fingerprint density at radius 2 is 1.46 bits per heavy atom. The van der Waals surface area contributed by atoms with Crippen LogP contribution in [0.3, 0.4) is 0 Å². The summed E-state index contributed by atoms with van der Waals surface area (Å²) in [7, 11) is 0. The molecular weight excluding hydrogens is 663 g/mol. The molecule has 9 heteroatoms. The second-order valence-corrected chi connectivity index (χ2v) is 13.6. The number of halogens is 3. The van der Waals surface area contributed by atoms with Crippen LogP contribution in [0, 0.1) is 0 Å². The minimum Gasteiger partial charge on any atom is -0.494 e. The highest BCUT2D eigenvalue weighted by atomic mass is 35.5. The standard InChI is InChI=1S/C39H49ClN4O2.2ClH/c40-33-19-15-32(16-20-33)29-38-36-13-3-4-14-37(36)39(45)44(41-38)30-34-12-9-27-43(34)26-8-5-11-31-17-21-35(22-18-31)46-28-10-25-42-23-6-1-2-7-24-42;;/h3-4,13-22,34H,1-2,5-12,23-30H2;2*1H/t34-;;/m1../s1. The zero-order chi connectivity index (χ0) is 31.6. The number of unbranched alkanes of at least 4 members (excludes halogenated alkanes) is 1. The van der Waals surface area contributed by atoms with Gasteiger partial charge >= 0.3 is 0 Å². The van der Waals surface area contributed by atoms with Gasteiger partial charge in [-0.05, 0) is 119 Å². The van der Waals surface area contributed by atoms with E-state index in [9.17, 15) is 4.79 Å². The molecule has 0 bridgehead atoms. The van der Waals surface area contributed by atoms with Crippen molar-refractivity contribution in [1.82, 2.24) is 19.6 Å². The van der Waals surface area contributed by atoms with Crippen LogP contribution in [0.1, 0.15) is 74.6 Å². The molecule has 1 aromatic heterocycles. The smallest absolute Gasteiger partial charge is 0.274 e. The largest absolute Gasteiger partial charge is 0.494 e. The average molecular weight is 714 g/mol. The van der Waals surface area contributed by atoms with Crippen molar-refractivity contribution in [3.8, 4) is 5.75 Å². The fraction of sp³-hybridized carbons (Fsp3) is 0.487. The molecule has 6 rings (SSSR count). The maximum absolute atomic E-state index is 13.5. The monoisotopic (exact) mass is 712 g/mol. The number of likely N-dealkylation sites (tertiary alicyclic amines) is 2. The Morgan fingerprint density at radius 3 is 2.21 bits per heavy atom. The van der Waals surface area contributed by atoms with Crippen LogP contribution < -0.4 is 10.3 Å². The zero-order valence-corrected chi connectivity index (χ0v) is 30.4. The van der Waals surface area contributed by atoms with Gasteiger partial charge in [-0.2, -0.15) is 5.10 Å². The first kappa shape index (κ1) is 38.2. The van der Waals surface area contributed by atoms with Crippen LogP contribution in [-0.4, -0.2) is 65.0 Å². The molecule has 260 valence electrons. The lowest BCUT2D eigenvalue weighted by Crippen LogP contribution is -2.38. The van der Waals surface area contributed by atoms with Crippen molar-refractivity contribution in [3.63, 3.8) is 0 Å². The Labute approximate surface area is 303 Å². The molecule has 3 aromatic carbocycles. The minimum atomic E-state index is 0.